The lowest BCUT2D eigenvalue weighted by Crippen LogP contribution is -2.15. The standard InChI is InChI=1S/C13H22N6/c1-4-6-14-8-13-15-10-19(17-13)9-12-7-11(5-2)16-18(12)3/h7,10,14H,4-6,8-9H2,1-3H3. The van der Waals surface area contributed by atoms with Gasteiger partial charge in [0.2, 0.25) is 0 Å². The largest absolute Gasteiger partial charge is 0.310 e. The van der Waals surface area contributed by atoms with Crippen LogP contribution in [0.5, 0.6) is 0 Å². The quantitative estimate of drug-likeness (QED) is 0.760. The minimum absolute atomic E-state index is 0.713. The summed E-state index contributed by atoms with van der Waals surface area (Å²) in [5, 5.41) is 12.2. The molecule has 0 radical (unpaired) electrons. The van der Waals surface area contributed by atoms with E-state index in [0.717, 1.165) is 43.1 Å². The number of hydrogen-bond acceptors (Lipinski definition) is 4. The summed E-state index contributed by atoms with van der Waals surface area (Å²) in [7, 11) is 1.97. The van der Waals surface area contributed by atoms with Crippen LogP contribution < -0.4 is 5.32 Å². The lowest BCUT2D eigenvalue weighted by molar-refractivity contribution is 0.597. The maximum absolute atomic E-state index is 4.46. The molecule has 2 aromatic rings. The molecule has 2 aromatic heterocycles. The van der Waals surface area contributed by atoms with E-state index in [9.17, 15) is 0 Å². The summed E-state index contributed by atoms with van der Waals surface area (Å²) in [6.07, 6.45) is 3.86. The highest BCUT2D eigenvalue weighted by atomic mass is 15.4. The van der Waals surface area contributed by atoms with Gasteiger partial charge in [0.05, 0.1) is 24.5 Å². The number of rotatable bonds is 7. The Morgan fingerprint density at radius 2 is 2.11 bits per heavy atom. The zero-order valence-electron chi connectivity index (χ0n) is 11.9. The summed E-state index contributed by atoms with van der Waals surface area (Å²) >= 11 is 0. The number of aromatic nitrogens is 5. The minimum Gasteiger partial charge on any atom is -0.310 e. The van der Waals surface area contributed by atoms with E-state index in [0.29, 0.717) is 6.54 Å². The minimum atomic E-state index is 0.713. The summed E-state index contributed by atoms with van der Waals surface area (Å²) in [4.78, 5) is 4.30. The van der Waals surface area contributed by atoms with E-state index < -0.39 is 0 Å². The monoisotopic (exact) mass is 262 g/mol. The summed E-state index contributed by atoms with van der Waals surface area (Å²) in [5.41, 5.74) is 2.26. The van der Waals surface area contributed by atoms with E-state index in [1.807, 2.05) is 16.4 Å². The SMILES string of the molecule is CCCNCc1ncn(Cc2cc(CC)nn2C)n1. The molecule has 0 aliphatic carbocycles. The summed E-state index contributed by atoms with van der Waals surface area (Å²) in [6, 6.07) is 2.12. The Labute approximate surface area is 113 Å². The maximum atomic E-state index is 4.46. The first kappa shape index (κ1) is 13.7. The molecule has 2 heterocycles. The molecule has 0 spiro atoms. The van der Waals surface area contributed by atoms with Crippen LogP contribution in [0.15, 0.2) is 12.4 Å². The first-order valence-electron chi connectivity index (χ1n) is 6.83. The molecule has 0 unspecified atom stereocenters. The predicted octanol–water partition coefficient (Wildman–Crippen LogP) is 1.12. The van der Waals surface area contributed by atoms with Crippen LogP contribution in [0, 0.1) is 0 Å². The molecule has 19 heavy (non-hydrogen) atoms. The van der Waals surface area contributed by atoms with Crippen LogP contribution >= 0.6 is 0 Å². The van der Waals surface area contributed by atoms with Crippen molar-refractivity contribution in [1.29, 1.82) is 0 Å². The molecule has 6 nitrogen and oxygen atoms in total. The van der Waals surface area contributed by atoms with Crippen molar-refractivity contribution < 1.29 is 0 Å². The molecule has 104 valence electrons. The van der Waals surface area contributed by atoms with E-state index in [2.05, 4.69) is 40.4 Å². The van der Waals surface area contributed by atoms with Gasteiger partial charge in [-0.3, -0.25) is 4.68 Å². The maximum Gasteiger partial charge on any atom is 0.164 e. The van der Waals surface area contributed by atoms with Crippen LogP contribution in [-0.2, 0) is 26.6 Å². The van der Waals surface area contributed by atoms with Crippen LogP contribution in [0.2, 0.25) is 0 Å². The highest BCUT2D eigenvalue weighted by Crippen LogP contribution is 2.05. The second-order valence-electron chi connectivity index (χ2n) is 4.64. The van der Waals surface area contributed by atoms with Crippen LogP contribution in [0.3, 0.4) is 0 Å². The fourth-order valence-electron chi connectivity index (χ4n) is 1.93. The third kappa shape index (κ3) is 3.64. The van der Waals surface area contributed by atoms with Gasteiger partial charge in [0.1, 0.15) is 6.33 Å². The molecular formula is C13H22N6. The molecule has 6 heteroatoms. The van der Waals surface area contributed by atoms with E-state index in [-0.39, 0.29) is 0 Å². The normalized spacial score (nSPS) is 11.1. The van der Waals surface area contributed by atoms with Gasteiger partial charge in [-0.1, -0.05) is 13.8 Å². The highest BCUT2D eigenvalue weighted by Gasteiger charge is 2.06. The summed E-state index contributed by atoms with van der Waals surface area (Å²) < 4.78 is 3.77. The third-order valence-corrected chi connectivity index (χ3v) is 3.01. The Bertz CT molecular complexity index is 513. The van der Waals surface area contributed by atoms with E-state index in [4.69, 9.17) is 0 Å². The van der Waals surface area contributed by atoms with Crippen LogP contribution in [0.1, 0.15) is 37.5 Å². The molecule has 0 bridgehead atoms. The first-order chi connectivity index (χ1) is 9.22. The van der Waals surface area contributed by atoms with E-state index in [1.165, 1.54) is 0 Å². The molecular weight excluding hydrogens is 240 g/mol. The molecule has 0 fully saturated rings. The number of hydrogen-bond donors (Lipinski definition) is 1. The van der Waals surface area contributed by atoms with Crippen LogP contribution in [0.25, 0.3) is 0 Å². The van der Waals surface area contributed by atoms with Gasteiger partial charge in [0.25, 0.3) is 0 Å². The topological polar surface area (TPSA) is 60.6 Å². The Morgan fingerprint density at radius 3 is 2.79 bits per heavy atom. The first-order valence-corrected chi connectivity index (χ1v) is 6.83. The molecule has 1 N–H and O–H groups in total. The summed E-state index contributed by atoms with van der Waals surface area (Å²) in [5.74, 6) is 0.839. The Kier molecular flexibility index (Phi) is 4.68. The van der Waals surface area contributed by atoms with Crippen molar-refractivity contribution in [3.05, 3.63) is 29.6 Å². The number of nitrogens with zero attached hydrogens (tertiary/aromatic N) is 5. The van der Waals surface area contributed by atoms with Gasteiger partial charge >= 0.3 is 0 Å². The Morgan fingerprint density at radius 1 is 1.26 bits per heavy atom. The Hall–Kier alpha value is -1.69. The van der Waals surface area contributed by atoms with Crippen molar-refractivity contribution in [2.75, 3.05) is 6.54 Å². The molecule has 0 atom stereocenters. The fraction of sp³-hybridized carbons (Fsp3) is 0.615. The van der Waals surface area contributed by atoms with Gasteiger partial charge in [-0.05, 0) is 25.5 Å². The molecule has 0 aliphatic heterocycles. The molecule has 2 rings (SSSR count). The van der Waals surface area contributed by atoms with Crippen LogP contribution in [0.4, 0.5) is 0 Å². The smallest absolute Gasteiger partial charge is 0.164 e. The second-order valence-corrected chi connectivity index (χ2v) is 4.64. The van der Waals surface area contributed by atoms with Crippen molar-refractivity contribution in [2.24, 2.45) is 7.05 Å². The second kappa shape index (κ2) is 6.47. The number of aryl methyl sites for hydroxylation is 2. The van der Waals surface area contributed by atoms with Gasteiger partial charge in [-0.25, -0.2) is 9.67 Å². The lowest BCUT2D eigenvalue weighted by atomic mass is 10.3. The van der Waals surface area contributed by atoms with Crippen molar-refractivity contribution in [3.63, 3.8) is 0 Å². The molecule has 0 aromatic carbocycles. The van der Waals surface area contributed by atoms with Crippen LogP contribution in [-0.4, -0.2) is 31.1 Å². The average molecular weight is 262 g/mol. The van der Waals surface area contributed by atoms with Gasteiger partial charge in [-0.15, -0.1) is 0 Å². The van der Waals surface area contributed by atoms with Crippen molar-refractivity contribution in [1.82, 2.24) is 29.9 Å². The average Bonchev–Trinajstić information content (AvgIpc) is 2.98. The van der Waals surface area contributed by atoms with Crippen molar-refractivity contribution >= 4 is 0 Å². The lowest BCUT2D eigenvalue weighted by Gasteiger charge is -2.01. The molecule has 0 aliphatic rings. The highest BCUT2D eigenvalue weighted by molar-refractivity contribution is 5.10. The predicted molar refractivity (Wildman–Crippen MR) is 73.7 cm³/mol. The Balaban J connectivity index is 1.97. The molecule has 0 saturated heterocycles. The summed E-state index contributed by atoms with van der Waals surface area (Å²) in [6.45, 7) is 6.69. The molecule has 0 amide bonds. The van der Waals surface area contributed by atoms with E-state index in [1.54, 1.807) is 6.33 Å². The van der Waals surface area contributed by atoms with Crippen molar-refractivity contribution in [2.45, 2.75) is 39.8 Å². The van der Waals surface area contributed by atoms with Gasteiger partial charge < -0.3 is 5.32 Å². The molecule has 0 saturated carbocycles. The van der Waals surface area contributed by atoms with Crippen molar-refractivity contribution in [3.8, 4) is 0 Å². The van der Waals surface area contributed by atoms with E-state index >= 15 is 0 Å². The van der Waals surface area contributed by atoms with Gasteiger partial charge in [0, 0.05) is 7.05 Å². The van der Waals surface area contributed by atoms with Gasteiger partial charge in [0.15, 0.2) is 5.82 Å². The third-order valence-electron chi connectivity index (χ3n) is 3.01. The number of nitrogens with one attached hydrogen (secondary N) is 1. The van der Waals surface area contributed by atoms with Gasteiger partial charge in [-0.2, -0.15) is 10.2 Å². The fourth-order valence-corrected chi connectivity index (χ4v) is 1.93. The zero-order chi connectivity index (χ0) is 13.7. The zero-order valence-corrected chi connectivity index (χ0v) is 11.9.